The van der Waals surface area contributed by atoms with E-state index in [9.17, 15) is 4.39 Å². The van der Waals surface area contributed by atoms with Crippen LogP contribution in [0.4, 0.5) is 4.39 Å². The molecule has 1 N–H and O–H groups in total. The molecule has 2 atom stereocenters. The van der Waals surface area contributed by atoms with Gasteiger partial charge in [0.15, 0.2) is 6.10 Å². The Hall–Kier alpha value is -2.69. The topological polar surface area (TPSA) is 30.5 Å². The molecule has 0 bridgehead atoms. The summed E-state index contributed by atoms with van der Waals surface area (Å²) in [6.45, 7) is 2.19. The van der Waals surface area contributed by atoms with Gasteiger partial charge in [0.1, 0.15) is 17.7 Å². The van der Waals surface area contributed by atoms with E-state index in [1.54, 1.807) is 12.1 Å². The Kier molecular flexibility index (Phi) is 5.47. The van der Waals surface area contributed by atoms with Crippen molar-refractivity contribution in [2.45, 2.75) is 12.2 Å². The Morgan fingerprint density at radius 3 is 2.33 bits per heavy atom. The monoisotopic (exact) mass is 363 g/mol. The fraction of sp³-hybridized carbons (Fsp3) is 0.217. The second-order valence-corrected chi connectivity index (χ2v) is 6.54. The first-order valence-electron chi connectivity index (χ1n) is 9.21. The molecule has 4 heteroatoms. The van der Waals surface area contributed by atoms with Crippen molar-refractivity contribution in [2.24, 2.45) is 0 Å². The van der Waals surface area contributed by atoms with Gasteiger partial charge in [-0.3, -0.25) is 0 Å². The van der Waals surface area contributed by atoms with E-state index >= 15 is 0 Å². The van der Waals surface area contributed by atoms with Gasteiger partial charge in [0.25, 0.3) is 0 Å². The molecule has 27 heavy (non-hydrogen) atoms. The van der Waals surface area contributed by atoms with E-state index in [2.05, 4.69) is 5.32 Å². The maximum absolute atomic E-state index is 14.4. The summed E-state index contributed by atoms with van der Waals surface area (Å²) in [6, 6.07) is 24.4. The van der Waals surface area contributed by atoms with Gasteiger partial charge < -0.3 is 14.8 Å². The Labute approximate surface area is 158 Å². The second-order valence-electron chi connectivity index (χ2n) is 6.54. The maximum Gasteiger partial charge on any atom is 0.151 e. The van der Waals surface area contributed by atoms with Gasteiger partial charge in [0, 0.05) is 24.2 Å². The number of morpholine rings is 1. The standard InChI is InChI=1S/C23H22FNO2/c24-20-12-6-4-10-18(20)19-11-5-7-13-21(19)27-23(17-8-2-1-3-9-17)22-16-25-14-15-26-22/h1-13,22-23,25H,14-16H2/t22-,23?/m0/s1. The van der Waals surface area contributed by atoms with Crippen LogP contribution in [0.1, 0.15) is 11.7 Å². The molecular formula is C23H22FNO2. The summed E-state index contributed by atoms with van der Waals surface area (Å²) >= 11 is 0. The predicted molar refractivity (Wildman–Crippen MR) is 104 cm³/mol. The lowest BCUT2D eigenvalue weighted by molar-refractivity contribution is -0.0430. The SMILES string of the molecule is Fc1ccccc1-c1ccccc1OC(c1ccccc1)[C@@H]1CNCCO1. The Morgan fingerprint density at radius 2 is 1.59 bits per heavy atom. The third-order valence-corrected chi connectivity index (χ3v) is 4.73. The van der Waals surface area contributed by atoms with Gasteiger partial charge in [0.05, 0.1) is 6.61 Å². The van der Waals surface area contributed by atoms with Gasteiger partial charge in [-0.25, -0.2) is 4.39 Å². The first-order valence-corrected chi connectivity index (χ1v) is 9.21. The summed E-state index contributed by atoms with van der Waals surface area (Å²) in [6.07, 6.45) is -0.401. The molecule has 1 saturated heterocycles. The number of para-hydroxylation sites is 1. The molecule has 4 rings (SSSR count). The Balaban J connectivity index is 1.71. The minimum atomic E-state index is -0.285. The van der Waals surface area contributed by atoms with Gasteiger partial charge in [0.2, 0.25) is 0 Å². The fourth-order valence-electron chi connectivity index (χ4n) is 3.39. The normalized spacial score (nSPS) is 18.0. The third-order valence-electron chi connectivity index (χ3n) is 4.73. The molecule has 1 heterocycles. The summed E-state index contributed by atoms with van der Waals surface area (Å²) in [5, 5.41) is 3.36. The van der Waals surface area contributed by atoms with Crippen LogP contribution in [0.3, 0.4) is 0 Å². The number of benzene rings is 3. The molecule has 1 fully saturated rings. The molecule has 0 aromatic heterocycles. The molecule has 0 saturated carbocycles. The van der Waals surface area contributed by atoms with Crippen molar-refractivity contribution >= 4 is 0 Å². The van der Waals surface area contributed by atoms with Crippen molar-refractivity contribution in [2.75, 3.05) is 19.7 Å². The zero-order valence-corrected chi connectivity index (χ0v) is 15.0. The van der Waals surface area contributed by atoms with Crippen molar-refractivity contribution in [3.63, 3.8) is 0 Å². The maximum atomic E-state index is 14.4. The van der Waals surface area contributed by atoms with Crippen molar-refractivity contribution in [3.8, 4) is 16.9 Å². The number of halogens is 1. The minimum Gasteiger partial charge on any atom is -0.482 e. The van der Waals surface area contributed by atoms with Crippen LogP contribution in [-0.2, 0) is 4.74 Å². The molecule has 3 aromatic rings. The second kappa shape index (κ2) is 8.33. The Bertz CT molecular complexity index is 878. The van der Waals surface area contributed by atoms with Crippen LogP contribution in [0.15, 0.2) is 78.9 Å². The summed E-state index contributed by atoms with van der Waals surface area (Å²) in [5.41, 5.74) is 2.30. The number of rotatable bonds is 5. The van der Waals surface area contributed by atoms with E-state index in [1.807, 2.05) is 60.7 Å². The molecule has 1 unspecified atom stereocenters. The molecule has 0 aliphatic carbocycles. The molecule has 0 radical (unpaired) electrons. The summed E-state index contributed by atoms with van der Waals surface area (Å²) in [5.74, 6) is 0.381. The van der Waals surface area contributed by atoms with Gasteiger partial charge in [-0.2, -0.15) is 0 Å². The zero-order valence-electron chi connectivity index (χ0n) is 15.0. The van der Waals surface area contributed by atoms with Gasteiger partial charge in [-0.1, -0.05) is 66.7 Å². The van der Waals surface area contributed by atoms with Crippen LogP contribution in [-0.4, -0.2) is 25.8 Å². The third kappa shape index (κ3) is 4.02. The average Bonchev–Trinajstić information content (AvgIpc) is 2.74. The molecular weight excluding hydrogens is 341 g/mol. The first-order chi connectivity index (χ1) is 13.3. The van der Waals surface area contributed by atoms with Crippen LogP contribution in [0.2, 0.25) is 0 Å². The van der Waals surface area contributed by atoms with Crippen LogP contribution < -0.4 is 10.1 Å². The van der Waals surface area contributed by atoms with Gasteiger partial charge >= 0.3 is 0 Å². The number of hydrogen-bond donors (Lipinski definition) is 1. The first kappa shape index (κ1) is 17.7. The highest BCUT2D eigenvalue weighted by atomic mass is 19.1. The van der Waals surface area contributed by atoms with Crippen LogP contribution in [0.5, 0.6) is 5.75 Å². The highest BCUT2D eigenvalue weighted by Crippen LogP contribution is 2.35. The van der Waals surface area contributed by atoms with Crippen molar-refractivity contribution in [3.05, 3.63) is 90.2 Å². The van der Waals surface area contributed by atoms with E-state index in [1.165, 1.54) is 6.07 Å². The quantitative estimate of drug-likeness (QED) is 0.719. The fourth-order valence-corrected chi connectivity index (χ4v) is 3.39. The van der Waals surface area contributed by atoms with Gasteiger partial charge in [-0.15, -0.1) is 0 Å². The predicted octanol–water partition coefficient (Wildman–Crippen LogP) is 4.60. The van der Waals surface area contributed by atoms with E-state index in [0.29, 0.717) is 24.5 Å². The van der Waals surface area contributed by atoms with E-state index in [4.69, 9.17) is 9.47 Å². The molecule has 0 spiro atoms. The molecule has 138 valence electrons. The lowest BCUT2D eigenvalue weighted by Crippen LogP contribution is -2.43. The van der Waals surface area contributed by atoms with Crippen molar-refractivity contribution < 1.29 is 13.9 Å². The number of nitrogens with one attached hydrogen (secondary N) is 1. The van der Waals surface area contributed by atoms with Crippen LogP contribution in [0, 0.1) is 5.82 Å². The van der Waals surface area contributed by atoms with Crippen molar-refractivity contribution in [1.82, 2.24) is 5.32 Å². The highest BCUT2D eigenvalue weighted by Gasteiger charge is 2.28. The van der Waals surface area contributed by atoms with Crippen molar-refractivity contribution in [1.29, 1.82) is 0 Å². The largest absolute Gasteiger partial charge is 0.482 e. The van der Waals surface area contributed by atoms with Crippen LogP contribution >= 0.6 is 0 Å². The summed E-state index contributed by atoms with van der Waals surface area (Å²) in [4.78, 5) is 0. The number of hydrogen-bond acceptors (Lipinski definition) is 3. The number of ether oxygens (including phenoxy) is 2. The lowest BCUT2D eigenvalue weighted by atomic mass is 10.0. The highest BCUT2D eigenvalue weighted by molar-refractivity contribution is 5.70. The Morgan fingerprint density at radius 1 is 0.889 bits per heavy atom. The lowest BCUT2D eigenvalue weighted by Gasteiger charge is -2.32. The molecule has 1 aliphatic rings. The van der Waals surface area contributed by atoms with E-state index < -0.39 is 0 Å². The molecule has 3 nitrogen and oxygen atoms in total. The minimum absolute atomic E-state index is 0.116. The van der Waals surface area contributed by atoms with E-state index in [-0.39, 0.29) is 18.0 Å². The average molecular weight is 363 g/mol. The molecule has 3 aromatic carbocycles. The van der Waals surface area contributed by atoms with Gasteiger partial charge in [-0.05, 0) is 17.7 Å². The van der Waals surface area contributed by atoms with Crippen LogP contribution in [0.25, 0.3) is 11.1 Å². The molecule has 1 aliphatic heterocycles. The smallest absolute Gasteiger partial charge is 0.151 e. The summed E-state index contributed by atoms with van der Waals surface area (Å²) in [7, 11) is 0. The zero-order chi connectivity index (χ0) is 18.5. The van der Waals surface area contributed by atoms with E-state index in [0.717, 1.165) is 17.7 Å². The summed E-state index contributed by atoms with van der Waals surface area (Å²) < 4.78 is 26.8. The molecule has 0 amide bonds.